The van der Waals surface area contributed by atoms with Gasteiger partial charge in [-0.25, -0.2) is 0 Å². The molecule has 0 aromatic heterocycles. The predicted molar refractivity (Wildman–Crippen MR) is 96.6 cm³/mol. The Morgan fingerprint density at radius 1 is 1.17 bits per heavy atom. The van der Waals surface area contributed by atoms with Gasteiger partial charge in [-0.1, -0.05) is 62.7 Å². The van der Waals surface area contributed by atoms with Crippen LogP contribution in [0.25, 0.3) is 0 Å². The Morgan fingerprint density at radius 2 is 1.91 bits per heavy atom. The average Bonchev–Trinajstić information content (AvgIpc) is 2.53. The number of ketones is 1. The van der Waals surface area contributed by atoms with E-state index >= 15 is 0 Å². The molecule has 0 radical (unpaired) electrons. The van der Waals surface area contributed by atoms with Gasteiger partial charge in [-0.3, -0.25) is 4.79 Å². The Labute approximate surface area is 143 Å². The number of rotatable bonds is 3. The summed E-state index contributed by atoms with van der Waals surface area (Å²) in [6.45, 7) is 8.07. The number of carbonyl (C=O) groups is 1. The van der Waals surface area contributed by atoms with Gasteiger partial charge in [-0.2, -0.15) is 0 Å². The normalized spacial score (nSPS) is 16.1. The first-order valence-corrected chi connectivity index (χ1v) is 8.47. The number of hydrogen-bond donors (Lipinski definition) is 0. The molecule has 0 amide bonds. The maximum atomic E-state index is 12.4. The van der Waals surface area contributed by atoms with Gasteiger partial charge in [0, 0.05) is 30.6 Å². The molecule has 0 bridgehead atoms. The maximum absolute atomic E-state index is 12.4. The highest BCUT2D eigenvalue weighted by molar-refractivity contribution is 6.34. The van der Waals surface area contributed by atoms with Crippen molar-refractivity contribution in [1.29, 1.82) is 0 Å². The molecule has 2 nitrogen and oxygen atoms in total. The third kappa shape index (κ3) is 2.88. The second kappa shape index (κ2) is 6.01. The lowest BCUT2D eigenvalue weighted by Gasteiger charge is -2.41. The standard InChI is InChI=1S/C20H22ClNO/c1-4-18(23)19-16(21)10-7-11-17(19)22-12-14-8-5-6-9-15(14)20(2,3)13-22/h5-11H,4,12-13H2,1-3H3. The van der Waals surface area contributed by atoms with Crippen molar-refractivity contribution in [3.05, 3.63) is 64.2 Å². The van der Waals surface area contributed by atoms with Crippen LogP contribution in [0.1, 0.15) is 48.7 Å². The number of anilines is 1. The largest absolute Gasteiger partial charge is 0.366 e. The Kier molecular flexibility index (Phi) is 4.20. The van der Waals surface area contributed by atoms with Crippen LogP contribution in [0.3, 0.4) is 0 Å². The molecule has 2 aromatic rings. The molecule has 1 aliphatic heterocycles. The molecule has 0 unspecified atom stereocenters. The summed E-state index contributed by atoms with van der Waals surface area (Å²) in [6, 6.07) is 14.3. The molecule has 23 heavy (non-hydrogen) atoms. The number of fused-ring (bicyclic) bond motifs is 1. The number of benzene rings is 2. The van der Waals surface area contributed by atoms with Crippen LogP contribution in [-0.4, -0.2) is 12.3 Å². The zero-order valence-corrected chi connectivity index (χ0v) is 14.7. The third-order valence-electron chi connectivity index (χ3n) is 4.63. The van der Waals surface area contributed by atoms with Gasteiger partial charge in [0.25, 0.3) is 0 Å². The molecular formula is C20H22ClNO. The minimum Gasteiger partial charge on any atom is -0.366 e. The van der Waals surface area contributed by atoms with Gasteiger partial charge < -0.3 is 4.90 Å². The van der Waals surface area contributed by atoms with E-state index in [4.69, 9.17) is 11.6 Å². The van der Waals surface area contributed by atoms with Crippen LogP contribution in [0, 0.1) is 0 Å². The molecule has 3 heteroatoms. The highest BCUT2D eigenvalue weighted by Crippen LogP contribution is 2.38. The van der Waals surface area contributed by atoms with Gasteiger partial charge in [-0.15, -0.1) is 0 Å². The summed E-state index contributed by atoms with van der Waals surface area (Å²) in [4.78, 5) is 14.7. The highest BCUT2D eigenvalue weighted by Gasteiger charge is 2.33. The molecule has 0 saturated carbocycles. The van der Waals surface area contributed by atoms with Crippen LogP contribution in [0.15, 0.2) is 42.5 Å². The minimum atomic E-state index is 0.0314. The van der Waals surface area contributed by atoms with E-state index < -0.39 is 0 Å². The summed E-state index contributed by atoms with van der Waals surface area (Å²) >= 11 is 6.35. The lowest BCUT2D eigenvalue weighted by Crippen LogP contribution is -2.42. The van der Waals surface area contributed by atoms with E-state index in [9.17, 15) is 4.79 Å². The smallest absolute Gasteiger partial charge is 0.166 e. The number of carbonyl (C=O) groups excluding carboxylic acids is 1. The van der Waals surface area contributed by atoms with E-state index in [1.54, 1.807) is 6.07 Å². The molecule has 1 aliphatic rings. The summed E-state index contributed by atoms with van der Waals surface area (Å²) in [5.74, 6) is 0.0993. The lowest BCUT2D eigenvalue weighted by molar-refractivity contribution is 0.0988. The van der Waals surface area contributed by atoms with Crippen LogP contribution in [-0.2, 0) is 12.0 Å². The van der Waals surface area contributed by atoms with Crippen molar-refractivity contribution in [3.8, 4) is 0 Å². The van der Waals surface area contributed by atoms with E-state index in [1.807, 2.05) is 19.1 Å². The molecule has 2 aromatic carbocycles. The van der Waals surface area contributed by atoms with Gasteiger partial charge in [0.05, 0.1) is 10.6 Å². The fraction of sp³-hybridized carbons (Fsp3) is 0.350. The summed E-state index contributed by atoms with van der Waals surface area (Å²) < 4.78 is 0. The summed E-state index contributed by atoms with van der Waals surface area (Å²) in [5.41, 5.74) is 4.35. The topological polar surface area (TPSA) is 20.3 Å². The Balaban J connectivity index is 2.08. The zero-order valence-electron chi connectivity index (χ0n) is 13.9. The van der Waals surface area contributed by atoms with E-state index in [1.165, 1.54) is 11.1 Å². The van der Waals surface area contributed by atoms with Crippen molar-refractivity contribution in [2.75, 3.05) is 11.4 Å². The van der Waals surface area contributed by atoms with Crippen molar-refractivity contribution in [2.24, 2.45) is 0 Å². The molecule has 0 saturated heterocycles. The van der Waals surface area contributed by atoms with E-state index in [2.05, 4.69) is 43.0 Å². The van der Waals surface area contributed by atoms with E-state index in [0.717, 1.165) is 18.8 Å². The van der Waals surface area contributed by atoms with Crippen LogP contribution >= 0.6 is 11.6 Å². The van der Waals surface area contributed by atoms with Gasteiger partial charge in [0.15, 0.2) is 5.78 Å². The first-order chi connectivity index (χ1) is 10.9. The van der Waals surface area contributed by atoms with Gasteiger partial charge in [0.1, 0.15) is 0 Å². The van der Waals surface area contributed by atoms with Crippen molar-refractivity contribution >= 4 is 23.1 Å². The molecule has 0 N–H and O–H groups in total. The van der Waals surface area contributed by atoms with Gasteiger partial charge in [0.2, 0.25) is 0 Å². The minimum absolute atomic E-state index is 0.0314. The monoisotopic (exact) mass is 327 g/mol. The summed E-state index contributed by atoms with van der Waals surface area (Å²) in [6.07, 6.45) is 0.463. The van der Waals surface area contributed by atoms with E-state index in [0.29, 0.717) is 17.0 Å². The first-order valence-electron chi connectivity index (χ1n) is 8.09. The quantitative estimate of drug-likeness (QED) is 0.719. The highest BCUT2D eigenvalue weighted by atomic mass is 35.5. The van der Waals surface area contributed by atoms with Gasteiger partial charge >= 0.3 is 0 Å². The fourth-order valence-corrected chi connectivity index (χ4v) is 3.82. The molecule has 0 fully saturated rings. The fourth-order valence-electron chi connectivity index (χ4n) is 3.54. The molecule has 1 heterocycles. The van der Waals surface area contributed by atoms with Crippen LogP contribution in [0.4, 0.5) is 5.69 Å². The van der Waals surface area contributed by atoms with E-state index in [-0.39, 0.29) is 11.2 Å². The van der Waals surface area contributed by atoms with Crippen LogP contribution in [0.5, 0.6) is 0 Å². The third-order valence-corrected chi connectivity index (χ3v) is 4.94. The molecular weight excluding hydrogens is 306 g/mol. The number of nitrogens with zero attached hydrogens (tertiary/aromatic N) is 1. The Hall–Kier alpha value is -1.80. The predicted octanol–water partition coefficient (Wildman–Crippen LogP) is 5.23. The second-order valence-electron chi connectivity index (χ2n) is 6.81. The number of hydrogen-bond acceptors (Lipinski definition) is 2. The van der Waals surface area contributed by atoms with Crippen molar-refractivity contribution in [1.82, 2.24) is 0 Å². The maximum Gasteiger partial charge on any atom is 0.166 e. The van der Waals surface area contributed by atoms with Gasteiger partial charge in [-0.05, 0) is 23.3 Å². The molecule has 3 rings (SSSR count). The summed E-state index contributed by atoms with van der Waals surface area (Å²) in [5, 5.41) is 0.547. The molecule has 0 spiro atoms. The van der Waals surface area contributed by atoms with Crippen molar-refractivity contribution in [2.45, 2.75) is 39.2 Å². The van der Waals surface area contributed by atoms with Crippen molar-refractivity contribution < 1.29 is 4.79 Å². The second-order valence-corrected chi connectivity index (χ2v) is 7.21. The lowest BCUT2D eigenvalue weighted by atomic mass is 9.78. The Bertz CT molecular complexity index is 751. The van der Waals surface area contributed by atoms with Crippen LogP contribution in [0.2, 0.25) is 5.02 Å². The number of Topliss-reactive ketones (excluding diaryl/α,β-unsaturated/α-hetero) is 1. The van der Waals surface area contributed by atoms with Crippen molar-refractivity contribution in [3.63, 3.8) is 0 Å². The summed E-state index contributed by atoms with van der Waals surface area (Å²) in [7, 11) is 0. The van der Waals surface area contributed by atoms with Crippen LogP contribution < -0.4 is 4.90 Å². The molecule has 0 atom stereocenters. The number of halogens is 1. The zero-order chi connectivity index (χ0) is 16.6. The Morgan fingerprint density at radius 3 is 2.65 bits per heavy atom. The molecule has 120 valence electrons. The first kappa shape index (κ1) is 16.1. The average molecular weight is 328 g/mol. The SMILES string of the molecule is CCC(=O)c1c(Cl)cccc1N1Cc2ccccc2C(C)(C)C1. The molecule has 0 aliphatic carbocycles.